The van der Waals surface area contributed by atoms with Crippen molar-refractivity contribution in [2.24, 2.45) is 11.7 Å². The third-order valence-corrected chi connectivity index (χ3v) is 4.08. The molecular formula is C15H20ClN3O2. The Labute approximate surface area is 129 Å². The molecule has 0 aliphatic carbocycles. The summed E-state index contributed by atoms with van der Waals surface area (Å²) in [6, 6.07) is 4.73. The van der Waals surface area contributed by atoms with Crippen molar-refractivity contribution in [1.82, 2.24) is 5.32 Å². The minimum atomic E-state index is -0.606. The number of rotatable bonds is 5. The fourth-order valence-electron chi connectivity index (χ4n) is 2.52. The van der Waals surface area contributed by atoms with Crippen molar-refractivity contribution in [3.8, 4) is 0 Å². The van der Waals surface area contributed by atoms with E-state index >= 15 is 0 Å². The van der Waals surface area contributed by atoms with Gasteiger partial charge in [0.25, 0.3) is 0 Å². The van der Waals surface area contributed by atoms with E-state index in [1.54, 1.807) is 12.1 Å². The molecule has 5 nitrogen and oxygen atoms in total. The molecule has 1 aliphatic rings. The molecule has 1 heterocycles. The summed E-state index contributed by atoms with van der Waals surface area (Å²) in [5.74, 6) is -0.0412. The Bertz CT molecular complexity index is 528. The Balaban J connectivity index is 1.87. The molecule has 1 aromatic rings. The number of amides is 2. The van der Waals surface area contributed by atoms with Gasteiger partial charge in [0.05, 0.1) is 10.6 Å². The normalized spacial score (nSPS) is 15.7. The number of nitrogens with two attached hydrogens (primary N) is 1. The Kier molecular flexibility index (Phi) is 5.59. The molecule has 0 bridgehead atoms. The zero-order chi connectivity index (χ0) is 15.2. The quantitative estimate of drug-likeness (QED) is 0.779. The Morgan fingerprint density at radius 3 is 2.71 bits per heavy atom. The highest BCUT2D eigenvalue weighted by molar-refractivity contribution is 6.33. The first-order valence-corrected chi connectivity index (χ1v) is 7.54. The first-order chi connectivity index (χ1) is 10.1. The number of primary amides is 1. The van der Waals surface area contributed by atoms with Gasteiger partial charge in [-0.25, -0.2) is 0 Å². The first kappa shape index (κ1) is 15.8. The molecule has 114 valence electrons. The zero-order valence-corrected chi connectivity index (χ0v) is 12.6. The maximum Gasteiger partial charge on any atom is 0.250 e. The number of carbonyl (C=O) groups is 2. The van der Waals surface area contributed by atoms with Crippen LogP contribution in [0.5, 0.6) is 0 Å². The molecule has 0 unspecified atom stereocenters. The molecule has 1 fully saturated rings. The molecule has 0 aromatic heterocycles. The van der Waals surface area contributed by atoms with Crippen molar-refractivity contribution in [3.05, 3.63) is 28.8 Å². The van der Waals surface area contributed by atoms with Crippen LogP contribution in [0.4, 0.5) is 5.69 Å². The number of piperidine rings is 1. The van der Waals surface area contributed by atoms with E-state index in [-0.39, 0.29) is 16.5 Å². The molecule has 0 saturated carbocycles. The number of hydrogen-bond acceptors (Lipinski definition) is 3. The molecule has 21 heavy (non-hydrogen) atoms. The molecule has 4 N–H and O–H groups in total. The molecule has 2 rings (SSSR count). The van der Waals surface area contributed by atoms with E-state index in [1.165, 1.54) is 6.07 Å². The lowest BCUT2D eigenvalue weighted by atomic mass is 9.93. The molecule has 0 spiro atoms. The smallest absolute Gasteiger partial charge is 0.250 e. The SMILES string of the molecule is NC(=O)c1cc(NC(=O)CCC2CCNCC2)ccc1Cl. The van der Waals surface area contributed by atoms with Crippen LogP contribution in [0.3, 0.4) is 0 Å². The van der Waals surface area contributed by atoms with Gasteiger partial charge in [0.1, 0.15) is 0 Å². The largest absolute Gasteiger partial charge is 0.366 e. The second-order valence-electron chi connectivity index (χ2n) is 5.34. The van der Waals surface area contributed by atoms with Crippen LogP contribution in [0, 0.1) is 5.92 Å². The summed E-state index contributed by atoms with van der Waals surface area (Å²) in [6.07, 6.45) is 3.63. The number of hydrogen-bond donors (Lipinski definition) is 3. The van der Waals surface area contributed by atoms with E-state index in [4.69, 9.17) is 17.3 Å². The fourth-order valence-corrected chi connectivity index (χ4v) is 2.73. The van der Waals surface area contributed by atoms with Crippen LogP contribution >= 0.6 is 11.6 Å². The fraction of sp³-hybridized carbons (Fsp3) is 0.467. The van der Waals surface area contributed by atoms with Crippen LogP contribution < -0.4 is 16.4 Å². The van der Waals surface area contributed by atoms with Crippen molar-refractivity contribution in [2.75, 3.05) is 18.4 Å². The van der Waals surface area contributed by atoms with E-state index in [2.05, 4.69) is 10.6 Å². The van der Waals surface area contributed by atoms with Gasteiger partial charge in [-0.05, 0) is 56.5 Å². The van der Waals surface area contributed by atoms with Gasteiger partial charge in [0, 0.05) is 12.1 Å². The van der Waals surface area contributed by atoms with Gasteiger partial charge >= 0.3 is 0 Å². The van der Waals surface area contributed by atoms with Gasteiger partial charge < -0.3 is 16.4 Å². The maximum atomic E-state index is 11.9. The van der Waals surface area contributed by atoms with Gasteiger partial charge in [0.2, 0.25) is 11.8 Å². The minimum absolute atomic E-state index is 0.0497. The summed E-state index contributed by atoms with van der Waals surface area (Å²) in [6.45, 7) is 2.07. The number of nitrogens with one attached hydrogen (secondary N) is 2. The molecule has 1 saturated heterocycles. The van der Waals surface area contributed by atoms with Crippen molar-refractivity contribution < 1.29 is 9.59 Å². The van der Waals surface area contributed by atoms with Crippen molar-refractivity contribution in [3.63, 3.8) is 0 Å². The van der Waals surface area contributed by atoms with Crippen LogP contribution in [0.2, 0.25) is 5.02 Å². The number of anilines is 1. The van der Waals surface area contributed by atoms with Gasteiger partial charge in [-0.1, -0.05) is 11.6 Å². The third-order valence-electron chi connectivity index (χ3n) is 3.75. The van der Waals surface area contributed by atoms with E-state index in [0.29, 0.717) is 18.0 Å². The van der Waals surface area contributed by atoms with Crippen LogP contribution in [0.25, 0.3) is 0 Å². The third kappa shape index (κ3) is 4.72. The first-order valence-electron chi connectivity index (χ1n) is 7.16. The summed E-state index contributed by atoms with van der Waals surface area (Å²) in [5, 5.41) is 6.38. The molecular weight excluding hydrogens is 290 g/mol. The Morgan fingerprint density at radius 2 is 2.05 bits per heavy atom. The molecule has 0 atom stereocenters. The summed E-state index contributed by atoms with van der Waals surface area (Å²) < 4.78 is 0. The minimum Gasteiger partial charge on any atom is -0.366 e. The maximum absolute atomic E-state index is 11.9. The Morgan fingerprint density at radius 1 is 1.33 bits per heavy atom. The number of halogens is 1. The lowest BCUT2D eigenvalue weighted by Crippen LogP contribution is -2.28. The zero-order valence-electron chi connectivity index (χ0n) is 11.8. The second kappa shape index (κ2) is 7.43. The van der Waals surface area contributed by atoms with Crippen molar-refractivity contribution >= 4 is 29.1 Å². The topological polar surface area (TPSA) is 84.2 Å². The average molecular weight is 310 g/mol. The summed E-state index contributed by atoms with van der Waals surface area (Å²) in [5.41, 5.74) is 5.99. The molecule has 0 radical (unpaired) electrons. The monoisotopic (exact) mass is 309 g/mol. The molecule has 1 aliphatic heterocycles. The summed E-state index contributed by atoms with van der Waals surface area (Å²) in [7, 11) is 0. The molecule has 2 amide bonds. The predicted molar refractivity (Wildman–Crippen MR) is 83.4 cm³/mol. The number of benzene rings is 1. The van der Waals surface area contributed by atoms with Crippen molar-refractivity contribution in [1.29, 1.82) is 0 Å². The standard InChI is InChI=1S/C15H20ClN3O2/c16-13-3-2-11(9-12(13)15(17)21)19-14(20)4-1-10-5-7-18-8-6-10/h2-3,9-10,18H,1,4-8H2,(H2,17,21)(H,19,20). The van der Waals surface area contributed by atoms with Gasteiger partial charge in [-0.3, -0.25) is 9.59 Å². The number of carbonyl (C=O) groups excluding carboxylic acids is 2. The Hall–Kier alpha value is -1.59. The van der Waals surface area contributed by atoms with E-state index in [9.17, 15) is 9.59 Å². The lowest BCUT2D eigenvalue weighted by molar-refractivity contribution is -0.116. The lowest BCUT2D eigenvalue weighted by Gasteiger charge is -2.22. The van der Waals surface area contributed by atoms with Crippen LogP contribution in [-0.2, 0) is 4.79 Å². The van der Waals surface area contributed by atoms with Gasteiger partial charge in [0.15, 0.2) is 0 Å². The van der Waals surface area contributed by atoms with E-state index in [0.717, 1.165) is 32.4 Å². The van der Waals surface area contributed by atoms with Gasteiger partial charge in [-0.15, -0.1) is 0 Å². The summed E-state index contributed by atoms with van der Waals surface area (Å²) >= 11 is 5.87. The molecule has 1 aromatic carbocycles. The van der Waals surface area contributed by atoms with E-state index in [1.807, 2.05) is 0 Å². The van der Waals surface area contributed by atoms with E-state index < -0.39 is 5.91 Å². The summed E-state index contributed by atoms with van der Waals surface area (Å²) in [4.78, 5) is 23.2. The molecule has 6 heteroatoms. The van der Waals surface area contributed by atoms with Crippen LogP contribution in [0.15, 0.2) is 18.2 Å². The van der Waals surface area contributed by atoms with Crippen molar-refractivity contribution in [2.45, 2.75) is 25.7 Å². The van der Waals surface area contributed by atoms with Crippen LogP contribution in [-0.4, -0.2) is 24.9 Å². The highest BCUT2D eigenvalue weighted by Crippen LogP contribution is 2.21. The van der Waals surface area contributed by atoms with Gasteiger partial charge in [-0.2, -0.15) is 0 Å². The predicted octanol–water partition coefficient (Wildman–Crippen LogP) is 2.16. The highest BCUT2D eigenvalue weighted by Gasteiger charge is 2.15. The average Bonchev–Trinajstić information content (AvgIpc) is 2.48. The second-order valence-corrected chi connectivity index (χ2v) is 5.75. The van der Waals surface area contributed by atoms with Crippen LogP contribution in [0.1, 0.15) is 36.0 Å². The highest BCUT2D eigenvalue weighted by atomic mass is 35.5.